The Kier molecular flexibility index (Phi) is 11.7. The molecule has 66 valence electrons. The van der Waals surface area contributed by atoms with E-state index in [1.807, 2.05) is 0 Å². The lowest BCUT2D eigenvalue weighted by atomic mass is 10.3. The molecule has 0 amide bonds. The van der Waals surface area contributed by atoms with Crippen LogP contribution in [0.15, 0.2) is 0 Å². The van der Waals surface area contributed by atoms with Gasteiger partial charge in [-0.15, -0.1) is 11.6 Å². The number of nitrogens with zero attached hydrogens (tertiary/aromatic N) is 1. The van der Waals surface area contributed by atoms with Crippen LogP contribution in [0.2, 0.25) is 0 Å². The number of alkyl halides is 1. The molecule has 0 saturated heterocycles. The van der Waals surface area contributed by atoms with Crippen molar-refractivity contribution >= 4 is 11.6 Å². The van der Waals surface area contributed by atoms with Gasteiger partial charge in [0.05, 0.1) is 39.7 Å². The molecular weight excluding hydrogens is 164 g/mol. The summed E-state index contributed by atoms with van der Waals surface area (Å²) in [4.78, 5) is 1.42. The van der Waals surface area contributed by atoms with Crippen molar-refractivity contribution in [3.63, 3.8) is 0 Å². The summed E-state index contributed by atoms with van der Waals surface area (Å²) in [6.07, 6.45) is -0.518. The van der Waals surface area contributed by atoms with Gasteiger partial charge in [0, 0.05) is 5.88 Å². The molecule has 4 heteroatoms. The zero-order chi connectivity index (χ0) is 9.28. The summed E-state index contributed by atoms with van der Waals surface area (Å²) in [6.45, 7) is 0. The van der Waals surface area contributed by atoms with Crippen LogP contribution in [0.3, 0.4) is 0 Å². The molecule has 1 unspecified atom stereocenters. The summed E-state index contributed by atoms with van der Waals surface area (Å²) in [6, 6.07) is 1.78. The lowest BCUT2D eigenvalue weighted by Gasteiger charge is -1.94. The quantitative estimate of drug-likeness (QED) is 0.549. The van der Waals surface area contributed by atoms with E-state index in [1.165, 1.54) is 4.90 Å². The minimum atomic E-state index is -0.647. The summed E-state index contributed by atoms with van der Waals surface area (Å²) < 4.78 is 0. The molecule has 0 aliphatic heterocycles. The van der Waals surface area contributed by atoms with E-state index in [2.05, 4.69) is 21.1 Å². The van der Waals surface area contributed by atoms with Gasteiger partial charge in [-0.25, -0.2) is 0 Å². The average Bonchev–Trinajstić information content (AvgIpc) is 1.87. The molecule has 0 rings (SSSR count). The Morgan fingerprint density at radius 1 is 1.55 bits per heavy atom. The number of nitriles is 1. The van der Waals surface area contributed by atoms with Gasteiger partial charge in [0.2, 0.25) is 0 Å². The molecule has 2 N–H and O–H groups in total. The Bertz CT molecular complexity index is 109. The maximum atomic E-state index is 8.50. The molecule has 0 saturated carbocycles. The zero-order valence-electron chi connectivity index (χ0n) is 7.26. The second-order valence-corrected chi connectivity index (χ2v) is 2.98. The topological polar surface area (TPSA) is 48.5 Å². The van der Waals surface area contributed by atoms with Gasteiger partial charge in [0.25, 0.3) is 0 Å². The van der Waals surface area contributed by atoms with Crippen LogP contribution in [-0.2, 0) is 0 Å². The number of aliphatic hydroxyl groups is 1. The third-order valence-corrected chi connectivity index (χ3v) is 0.861. The van der Waals surface area contributed by atoms with Crippen molar-refractivity contribution in [2.45, 2.75) is 12.5 Å². The van der Waals surface area contributed by atoms with Crippen LogP contribution in [0, 0.1) is 11.3 Å². The van der Waals surface area contributed by atoms with E-state index >= 15 is 0 Å². The van der Waals surface area contributed by atoms with Crippen LogP contribution < -0.4 is 4.90 Å². The van der Waals surface area contributed by atoms with Gasteiger partial charge in [-0.2, -0.15) is 5.26 Å². The molecule has 0 aromatic rings. The Balaban J connectivity index is 0. The van der Waals surface area contributed by atoms with Crippen LogP contribution in [0.4, 0.5) is 0 Å². The van der Waals surface area contributed by atoms with E-state index < -0.39 is 6.10 Å². The van der Waals surface area contributed by atoms with Crippen LogP contribution in [0.5, 0.6) is 0 Å². The maximum absolute atomic E-state index is 8.50. The van der Waals surface area contributed by atoms with Crippen LogP contribution in [0.25, 0.3) is 0 Å². The lowest BCUT2D eigenvalue weighted by molar-refractivity contribution is -0.836. The first-order valence-electron chi connectivity index (χ1n) is 3.42. The fraction of sp³-hybridized carbons (Fsp3) is 0.857. The number of halogens is 1. The van der Waals surface area contributed by atoms with Crippen LogP contribution in [-0.4, -0.2) is 38.2 Å². The molecule has 0 aliphatic rings. The molecule has 0 aliphatic carbocycles. The minimum Gasteiger partial charge on any atom is -0.391 e. The highest BCUT2D eigenvalue weighted by Gasteiger charge is 1.96. The van der Waals surface area contributed by atoms with Crippen molar-refractivity contribution < 1.29 is 10.0 Å². The number of rotatable bonds is 2. The highest BCUT2D eigenvalue weighted by molar-refractivity contribution is 6.18. The van der Waals surface area contributed by atoms with Crippen molar-refractivity contribution in [3.05, 3.63) is 0 Å². The maximum Gasteiger partial charge on any atom is 0.0805 e. The number of aliphatic hydroxyl groups excluding tert-OH is 1. The molecule has 0 bridgehead atoms. The van der Waals surface area contributed by atoms with E-state index in [0.29, 0.717) is 0 Å². The highest BCUT2D eigenvalue weighted by Crippen LogP contribution is 1.90. The SMILES string of the molecule is C[NH+](C)C.N#CCC(O)CCl. The molecular formula is C7H16ClN2O+. The van der Waals surface area contributed by atoms with Gasteiger partial charge >= 0.3 is 0 Å². The number of hydrogen-bond donors (Lipinski definition) is 2. The van der Waals surface area contributed by atoms with E-state index in [-0.39, 0.29) is 12.3 Å². The lowest BCUT2D eigenvalue weighted by Crippen LogP contribution is -3.02. The molecule has 1 atom stereocenters. The average molecular weight is 180 g/mol. The van der Waals surface area contributed by atoms with E-state index in [9.17, 15) is 0 Å². The molecule has 0 fully saturated rings. The van der Waals surface area contributed by atoms with Gasteiger partial charge < -0.3 is 10.0 Å². The Labute approximate surface area is 73.2 Å². The fourth-order valence-electron chi connectivity index (χ4n) is 0.160. The van der Waals surface area contributed by atoms with Crippen molar-refractivity contribution in [2.75, 3.05) is 27.0 Å². The predicted molar refractivity (Wildman–Crippen MR) is 45.7 cm³/mol. The van der Waals surface area contributed by atoms with Gasteiger partial charge in [-0.3, -0.25) is 0 Å². The van der Waals surface area contributed by atoms with Crippen LogP contribution in [0.1, 0.15) is 6.42 Å². The van der Waals surface area contributed by atoms with Gasteiger partial charge in [0.15, 0.2) is 0 Å². The fourth-order valence-corrected chi connectivity index (χ4v) is 0.269. The monoisotopic (exact) mass is 179 g/mol. The second-order valence-electron chi connectivity index (χ2n) is 2.67. The summed E-state index contributed by atoms with van der Waals surface area (Å²) in [5, 5.41) is 16.4. The van der Waals surface area contributed by atoms with Crippen molar-refractivity contribution in [2.24, 2.45) is 0 Å². The highest BCUT2D eigenvalue weighted by atomic mass is 35.5. The van der Waals surface area contributed by atoms with E-state index in [0.717, 1.165) is 0 Å². The molecule has 0 aromatic carbocycles. The van der Waals surface area contributed by atoms with Crippen LogP contribution >= 0.6 is 11.6 Å². The first-order chi connectivity index (χ1) is 5.04. The minimum absolute atomic E-state index is 0.128. The van der Waals surface area contributed by atoms with E-state index in [1.54, 1.807) is 6.07 Å². The molecule has 0 heterocycles. The Morgan fingerprint density at radius 3 is 2.00 bits per heavy atom. The third kappa shape index (κ3) is 26.0. The van der Waals surface area contributed by atoms with Crippen molar-refractivity contribution in [1.82, 2.24) is 0 Å². The normalized spacial score (nSPS) is 11.4. The molecule has 3 nitrogen and oxygen atoms in total. The summed E-state index contributed by atoms with van der Waals surface area (Å²) in [7, 11) is 6.25. The standard InChI is InChI=1S/C4H6ClNO.C3H9N/c5-3-4(7)1-2-6;1-4(2)3/h4,7H,1,3H2;1-3H3/p+1. The van der Waals surface area contributed by atoms with Gasteiger partial charge in [0.1, 0.15) is 0 Å². The Morgan fingerprint density at radius 2 is 1.91 bits per heavy atom. The van der Waals surface area contributed by atoms with Gasteiger partial charge in [-0.1, -0.05) is 0 Å². The predicted octanol–water partition coefficient (Wildman–Crippen LogP) is -0.740. The summed E-state index contributed by atoms with van der Waals surface area (Å²) >= 11 is 5.13. The summed E-state index contributed by atoms with van der Waals surface area (Å²) in [5.74, 6) is 0.146. The molecule has 0 aromatic heterocycles. The van der Waals surface area contributed by atoms with Crippen molar-refractivity contribution in [1.29, 1.82) is 5.26 Å². The number of nitrogens with one attached hydrogen (secondary N) is 1. The number of quaternary nitrogens is 1. The Hall–Kier alpha value is -0.300. The summed E-state index contributed by atoms with van der Waals surface area (Å²) in [5.41, 5.74) is 0. The smallest absolute Gasteiger partial charge is 0.0805 e. The number of hydrogen-bond acceptors (Lipinski definition) is 2. The first kappa shape index (κ1) is 13.3. The first-order valence-corrected chi connectivity index (χ1v) is 3.95. The van der Waals surface area contributed by atoms with Gasteiger partial charge in [-0.05, 0) is 0 Å². The zero-order valence-corrected chi connectivity index (χ0v) is 8.02. The third-order valence-electron chi connectivity index (χ3n) is 0.505. The largest absolute Gasteiger partial charge is 0.391 e. The molecule has 0 radical (unpaired) electrons. The van der Waals surface area contributed by atoms with Crippen molar-refractivity contribution in [3.8, 4) is 6.07 Å². The second kappa shape index (κ2) is 9.70. The molecule has 11 heavy (non-hydrogen) atoms. The molecule has 0 spiro atoms. The van der Waals surface area contributed by atoms with E-state index in [4.69, 9.17) is 22.0 Å².